The SMILES string of the molecule is CCN(CC)CC(O)CNC(O)c1ccc(C#Cc2c(N)ncc3ccc(C#CCNC(=O)CCCCCC(=O)NO)cc23)cc1. The third kappa shape index (κ3) is 11.8. The molecule has 0 saturated carbocycles. The zero-order chi connectivity index (χ0) is 33.3. The molecule has 3 rings (SSSR count). The Bertz CT molecular complexity index is 1570. The summed E-state index contributed by atoms with van der Waals surface area (Å²) in [4.78, 5) is 29.5. The largest absolute Gasteiger partial charge is 0.390 e. The molecule has 8 N–H and O–H groups in total. The van der Waals surface area contributed by atoms with Crippen LogP contribution in [0.1, 0.15) is 74.4 Å². The molecule has 2 aromatic carbocycles. The number of hydrogen-bond donors (Lipinski definition) is 7. The van der Waals surface area contributed by atoms with Gasteiger partial charge in [-0.25, -0.2) is 10.5 Å². The lowest BCUT2D eigenvalue weighted by molar-refractivity contribution is -0.129. The van der Waals surface area contributed by atoms with Crippen molar-refractivity contribution in [2.45, 2.75) is 58.3 Å². The minimum absolute atomic E-state index is 0.112. The Morgan fingerprint density at radius 2 is 1.63 bits per heavy atom. The summed E-state index contributed by atoms with van der Waals surface area (Å²) in [6.07, 6.45) is 2.71. The second-order valence-electron chi connectivity index (χ2n) is 10.8. The van der Waals surface area contributed by atoms with E-state index < -0.39 is 18.2 Å². The highest BCUT2D eigenvalue weighted by Gasteiger charge is 2.13. The Hall–Kier alpha value is -4.49. The molecule has 0 radical (unpaired) electrons. The zero-order valence-corrected chi connectivity index (χ0v) is 26.5. The normalized spacial score (nSPS) is 12.0. The maximum absolute atomic E-state index is 12.0. The van der Waals surface area contributed by atoms with Crippen LogP contribution < -0.4 is 21.8 Å². The molecular weight excluding hydrogens is 584 g/mol. The Labute approximate surface area is 270 Å². The number of hydroxylamine groups is 1. The molecule has 244 valence electrons. The highest BCUT2D eigenvalue weighted by Crippen LogP contribution is 2.23. The summed E-state index contributed by atoms with van der Waals surface area (Å²) in [7, 11) is 0. The molecule has 1 heterocycles. The number of carbonyl (C=O) groups excluding carboxylic acids is 2. The number of nitrogens with two attached hydrogens (primary N) is 1. The number of nitrogen functional groups attached to an aromatic ring is 1. The highest BCUT2D eigenvalue weighted by atomic mass is 16.5. The molecule has 2 unspecified atom stereocenters. The van der Waals surface area contributed by atoms with Gasteiger partial charge in [-0.3, -0.25) is 20.1 Å². The van der Waals surface area contributed by atoms with E-state index in [0.717, 1.165) is 35.0 Å². The smallest absolute Gasteiger partial charge is 0.243 e. The predicted molar refractivity (Wildman–Crippen MR) is 178 cm³/mol. The van der Waals surface area contributed by atoms with Crippen molar-refractivity contribution < 1.29 is 25.0 Å². The molecule has 46 heavy (non-hydrogen) atoms. The number of likely N-dealkylation sites (N-methyl/N-ethyl adjacent to an activating group) is 1. The Kier molecular flexibility index (Phi) is 15.0. The maximum Gasteiger partial charge on any atom is 0.243 e. The van der Waals surface area contributed by atoms with E-state index in [2.05, 4.69) is 44.2 Å². The van der Waals surface area contributed by atoms with Crippen molar-refractivity contribution in [3.8, 4) is 23.7 Å². The predicted octanol–water partition coefficient (Wildman–Crippen LogP) is 2.42. The van der Waals surface area contributed by atoms with Crippen LogP contribution in [0.5, 0.6) is 0 Å². The summed E-state index contributed by atoms with van der Waals surface area (Å²) in [6, 6.07) is 12.9. The van der Waals surface area contributed by atoms with Gasteiger partial charge in [0, 0.05) is 54.0 Å². The number of anilines is 1. The Morgan fingerprint density at radius 1 is 0.935 bits per heavy atom. The van der Waals surface area contributed by atoms with Crippen LogP contribution >= 0.6 is 0 Å². The van der Waals surface area contributed by atoms with Crippen LogP contribution in [-0.4, -0.2) is 75.9 Å². The summed E-state index contributed by atoms with van der Waals surface area (Å²) in [6.45, 7) is 6.82. The van der Waals surface area contributed by atoms with Crippen LogP contribution in [0.25, 0.3) is 10.8 Å². The molecule has 2 amide bonds. The number of aliphatic hydroxyl groups excluding tert-OH is 2. The molecule has 3 aromatic rings. The van der Waals surface area contributed by atoms with Crippen LogP contribution in [-0.2, 0) is 9.59 Å². The number of nitrogens with one attached hydrogen (secondary N) is 3. The lowest BCUT2D eigenvalue weighted by Crippen LogP contribution is -2.39. The first-order valence-electron chi connectivity index (χ1n) is 15.5. The van der Waals surface area contributed by atoms with E-state index >= 15 is 0 Å². The van der Waals surface area contributed by atoms with Gasteiger partial charge >= 0.3 is 0 Å². The van der Waals surface area contributed by atoms with E-state index in [0.29, 0.717) is 49.2 Å². The van der Waals surface area contributed by atoms with Gasteiger partial charge in [-0.2, -0.15) is 0 Å². The van der Waals surface area contributed by atoms with Crippen LogP contribution in [0, 0.1) is 23.7 Å². The average Bonchev–Trinajstić information content (AvgIpc) is 3.07. The molecule has 2 atom stereocenters. The fourth-order valence-electron chi connectivity index (χ4n) is 4.71. The van der Waals surface area contributed by atoms with Gasteiger partial charge < -0.3 is 26.2 Å². The van der Waals surface area contributed by atoms with E-state index in [1.165, 1.54) is 0 Å². The van der Waals surface area contributed by atoms with Gasteiger partial charge in [0.2, 0.25) is 11.8 Å². The van der Waals surface area contributed by atoms with Crippen LogP contribution in [0.3, 0.4) is 0 Å². The molecule has 11 nitrogen and oxygen atoms in total. The van der Waals surface area contributed by atoms with E-state index in [-0.39, 0.29) is 25.4 Å². The topological polar surface area (TPSA) is 173 Å². The minimum Gasteiger partial charge on any atom is -0.390 e. The average molecular weight is 629 g/mol. The number of aromatic nitrogens is 1. The van der Waals surface area contributed by atoms with Crippen molar-refractivity contribution in [1.29, 1.82) is 0 Å². The lowest BCUT2D eigenvalue weighted by atomic mass is 10.0. The highest BCUT2D eigenvalue weighted by molar-refractivity contribution is 5.92. The number of nitrogens with zero attached hydrogens (tertiary/aromatic N) is 2. The molecule has 0 saturated heterocycles. The van der Waals surface area contributed by atoms with Gasteiger partial charge in [0.25, 0.3) is 0 Å². The zero-order valence-electron chi connectivity index (χ0n) is 26.5. The fraction of sp³-hybridized carbons (Fsp3) is 0.400. The van der Waals surface area contributed by atoms with Crippen molar-refractivity contribution in [2.24, 2.45) is 0 Å². The molecular formula is C35H44N6O5. The van der Waals surface area contributed by atoms with E-state index in [4.69, 9.17) is 10.9 Å². The minimum atomic E-state index is -0.919. The summed E-state index contributed by atoms with van der Waals surface area (Å²) in [5.74, 6) is 12.1. The van der Waals surface area contributed by atoms with Gasteiger partial charge in [-0.15, -0.1) is 0 Å². The fourth-order valence-corrected chi connectivity index (χ4v) is 4.71. The molecule has 0 aliphatic rings. The second-order valence-corrected chi connectivity index (χ2v) is 10.8. The van der Waals surface area contributed by atoms with Crippen LogP contribution in [0.15, 0.2) is 48.7 Å². The van der Waals surface area contributed by atoms with E-state index in [9.17, 15) is 19.8 Å². The number of pyridine rings is 1. The van der Waals surface area contributed by atoms with Crippen LogP contribution in [0.2, 0.25) is 0 Å². The summed E-state index contributed by atoms with van der Waals surface area (Å²) in [5.41, 5.74) is 10.5. The monoisotopic (exact) mass is 628 g/mol. The number of rotatable bonds is 15. The number of hydrogen-bond acceptors (Lipinski definition) is 9. The third-order valence-corrected chi connectivity index (χ3v) is 7.43. The first kappa shape index (κ1) is 36.0. The Balaban J connectivity index is 1.59. The number of benzene rings is 2. The van der Waals surface area contributed by atoms with Gasteiger partial charge in [-0.1, -0.05) is 62.1 Å². The number of carbonyl (C=O) groups is 2. The summed E-state index contributed by atoms with van der Waals surface area (Å²) >= 11 is 0. The van der Waals surface area contributed by atoms with Gasteiger partial charge in [0.1, 0.15) is 12.0 Å². The van der Waals surface area contributed by atoms with E-state index in [1.54, 1.807) is 23.8 Å². The number of amides is 2. The number of unbranched alkanes of at least 4 members (excludes halogenated alkanes) is 2. The molecule has 0 bridgehead atoms. The van der Waals surface area contributed by atoms with Crippen molar-refractivity contribution >= 4 is 28.4 Å². The molecule has 0 aliphatic heterocycles. The van der Waals surface area contributed by atoms with Gasteiger partial charge in [0.15, 0.2) is 0 Å². The van der Waals surface area contributed by atoms with Crippen molar-refractivity contribution in [3.05, 3.63) is 70.9 Å². The molecule has 1 aromatic heterocycles. The van der Waals surface area contributed by atoms with Crippen molar-refractivity contribution in [1.82, 2.24) is 26.0 Å². The molecule has 11 heteroatoms. The maximum atomic E-state index is 12.0. The van der Waals surface area contributed by atoms with Crippen molar-refractivity contribution in [2.75, 3.05) is 38.5 Å². The van der Waals surface area contributed by atoms with Gasteiger partial charge in [0.05, 0.1) is 18.2 Å². The first-order valence-corrected chi connectivity index (χ1v) is 15.5. The first-order chi connectivity index (χ1) is 22.2. The number of aliphatic hydroxyl groups is 2. The van der Waals surface area contributed by atoms with Gasteiger partial charge in [-0.05, 0) is 55.8 Å². The van der Waals surface area contributed by atoms with E-state index in [1.807, 2.05) is 44.2 Å². The molecule has 0 fully saturated rings. The Morgan fingerprint density at radius 3 is 2.33 bits per heavy atom. The summed E-state index contributed by atoms with van der Waals surface area (Å²) < 4.78 is 0. The number of fused-ring (bicyclic) bond motifs is 1. The lowest BCUT2D eigenvalue weighted by Gasteiger charge is -2.23. The standard InChI is InChI=1S/C35H44N6O5/c1-3-41(4-2)24-29(42)23-39-35(45)27-16-12-25(13-17-27)15-19-30-31-21-26(14-18-28(31)22-38-34(30)36)9-8-20-37-32(43)10-6-5-7-11-33(44)40-46/h12-14,16-18,21-22,29,35,39,42,45-46H,3-7,10-11,20,23-24H2,1-2H3,(H2,36,38)(H,37,43)(H,40,44). The third-order valence-electron chi connectivity index (χ3n) is 7.43. The molecule has 0 aliphatic carbocycles. The summed E-state index contributed by atoms with van der Waals surface area (Å²) in [5, 5.41) is 36.7. The second kappa shape index (κ2) is 19.1. The quantitative estimate of drug-likeness (QED) is 0.0439. The molecule has 0 spiro atoms. The van der Waals surface area contributed by atoms with Crippen LogP contribution in [0.4, 0.5) is 5.82 Å². The van der Waals surface area contributed by atoms with Crippen molar-refractivity contribution in [3.63, 3.8) is 0 Å².